The van der Waals surface area contributed by atoms with E-state index in [4.69, 9.17) is 0 Å². The summed E-state index contributed by atoms with van der Waals surface area (Å²) >= 11 is 0. The number of aliphatic hydroxyl groups is 1. The lowest BCUT2D eigenvalue weighted by molar-refractivity contribution is -0.907. The van der Waals surface area contributed by atoms with Crippen molar-refractivity contribution in [2.24, 2.45) is 0 Å². The van der Waals surface area contributed by atoms with Crippen molar-refractivity contribution in [2.75, 3.05) is 54.4 Å². The van der Waals surface area contributed by atoms with Crippen LogP contribution in [-0.2, 0) is 0 Å². The number of aliphatic hydroxyl groups excluding tert-OH is 1. The molecule has 4 nitrogen and oxygen atoms in total. The molecule has 0 aliphatic carbocycles. The average Bonchev–Trinajstić information content (AvgIpc) is 2.52. The quantitative estimate of drug-likeness (QED) is 0.553. The fourth-order valence-electron chi connectivity index (χ4n) is 3.75. The van der Waals surface area contributed by atoms with E-state index in [9.17, 15) is 9.90 Å². The highest BCUT2D eigenvalue weighted by atomic mass is 16.3. The Hall–Kier alpha value is -1.75. The Labute approximate surface area is 157 Å². The first kappa shape index (κ1) is 20.6. The number of nitrogens with zero attached hydrogens (tertiary/aromatic N) is 2. The molecule has 0 heterocycles. The van der Waals surface area contributed by atoms with Crippen LogP contribution in [0.4, 0.5) is 0 Å². The summed E-state index contributed by atoms with van der Waals surface area (Å²) in [5, 5.41) is 11.8. The Kier molecular flexibility index (Phi) is 6.56. The molecule has 2 rings (SSSR count). The molecular formula is C22H34N2O2+2. The van der Waals surface area contributed by atoms with E-state index in [1.165, 1.54) is 0 Å². The van der Waals surface area contributed by atoms with Gasteiger partial charge in [-0.2, -0.15) is 0 Å². The minimum absolute atomic E-state index is 0.199. The molecule has 0 spiro atoms. The smallest absolute Gasteiger partial charge is 0.217 e. The van der Waals surface area contributed by atoms with Crippen LogP contribution in [0.15, 0.2) is 42.5 Å². The second-order valence-electron chi connectivity index (χ2n) is 8.81. The highest BCUT2D eigenvalue weighted by Crippen LogP contribution is 2.20. The van der Waals surface area contributed by atoms with Gasteiger partial charge in [0.15, 0.2) is 0 Å². The molecule has 142 valence electrons. The van der Waals surface area contributed by atoms with E-state index in [0.29, 0.717) is 11.0 Å². The highest BCUT2D eigenvalue weighted by Gasteiger charge is 2.24. The van der Waals surface area contributed by atoms with Crippen molar-refractivity contribution >= 4 is 16.6 Å². The Balaban J connectivity index is 1.98. The number of likely N-dealkylation sites (N-methyl/N-ethyl adjacent to an activating group) is 2. The summed E-state index contributed by atoms with van der Waals surface area (Å²) in [6.45, 7) is 5.02. The van der Waals surface area contributed by atoms with Crippen LogP contribution in [0.3, 0.4) is 0 Å². The summed E-state index contributed by atoms with van der Waals surface area (Å²) in [7, 11) is 8.54. The van der Waals surface area contributed by atoms with Crippen molar-refractivity contribution in [3.05, 3.63) is 48.0 Å². The first-order chi connectivity index (χ1) is 12.1. The van der Waals surface area contributed by atoms with E-state index >= 15 is 0 Å². The monoisotopic (exact) mass is 358 g/mol. The van der Waals surface area contributed by atoms with E-state index in [1.807, 2.05) is 49.4 Å². The maximum atomic E-state index is 12.9. The van der Waals surface area contributed by atoms with E-state index < -0.39 is 0 Å². The van der Waals surface area contributed by atoms with Crippen molar-refractivity contribution < 1.29 is 18.9 Å². The largest absolute Gasteiger partial charge is 0.388 e. The van der Waals surface area contributed by atoms with Crippen LogP contribution in [0.5, 0.6) is 0 Å². The molecule has 0 bridgehead atoms. The third kappa shape index (κ3) is 5.90. The van der Waals surface area contributed by atoms with Crippen molar-refractivity contribution in [1.29, 1.82) is 0 Å². The molecule has 1 unspecified atom stereocenters. The molecule has 2 aromatic carbocycles. The standard InChI is InChI=1S/C22H34N2O2/c1-18(25)16-23(2,3)14-9-15-24(4,5)17-22(26)21-13-8-11-19-10-6-7-12-20(19)21/h6-8,10-13,18,25H,9,14-17H2,1-5H3/q+2. The van der Waals surface area contributed by atoms with Crippen molar-refractivity contribution in [3.63, 3.8) is 0 Å². The van der Waals surface area contributed by atoms with Gasteiger partial charge < -0.3 is 14.1 Å². The van der Waals surface area contributed by atoms with Crippen LogP contribution in [0.1, 0.15) is 23.7 Å². The second kappa shape index (κ2) is 8.30. The molecule has 0 amide bonds. The van der Waals surface area contributed by atoms with E-state index in [-0.39, 0.29) is 11.9 Å². The lowest BCUT2D eigenvalue weighted by Gasteiger charge is -2.34. The summed E-state index contributed by atoms with van der Waals surface area (Å²) in [5.41, 5.74) is 0.819. The minimum atomic E-state index is -0.291. The molecule has 0 fully saturated rings. The topological polar surface area (TPSA) is 37.3 Å². The maximum Gasteiger partial charge on any atom is 0.217 e. The first-order valence-corrected chi connectivity index (χ1v) is 9.43. The van der Waals surface area contributed by atoms with Crippen molar-refractivity contribution in [1.82, 2.24) is 0 Å². The molecule has 0 saturated carbocycles. The number of carbonyl (C=O) groups is 1. The Morgan fingerprint density at radius 2 is 1.58 bits per heavy atom. The highest BCUT2D eigenvalue weighted by molar-refractivity contribution is 6.08. The van der Waals surface area contributed by atoms with E-state index in [0.717, 1.165) is 46.9 Å². The number of ketones is 1. The molecule has 1 N–H and O–H groups in total. The molecular weight excluding hydrogens is 324 g/mol. The normalized spacial score (nSPS) is 13.8. The van der Waals surface area contributed by atoms with E-state index in [1.54, 1.807) is 0 Å². The molecule has 0 radical (unpaired) electrons. The zero-order valence-electron chi connectivity index (χ0n) is 16.9. The Morgan fingerprint density at radius 3 is 2.27 bits per heavy atom. The summed E-state index contributed by atoms with van der Waals surface area (Å²) in [5.74, 6) is 0.199. The van der Waals surface area contributed by atoms with Crippen LogP contribution in [0.25, 0.3) is 10.8 Å². The van der Waals surface area contributed by atoms with Crippen LogP contribution in [0, 0.1) is 0 Å². The molecule has 1 atom stereocenters. The van der Waals surface area contributed by atoms with Gasteiger partial charge in [0.1, 0.15) is 19.2 Å². The number of benzene rings is 2. The first-order valence-electron chi connectivity index (χ1n) is 9.43. The van der Waals surface area contributed by atoms with Gasteiger partial charge in [-0.25, -0.2) is 0 Å². The van der Waals surface area contributed by atoms with Crippen molar-refractivity contribution in [2.45, 2.75) is 19.4 Å². The summed E-state index contributed by atoms with van der Waals surface area (Å²) in [6, 6.07) is 14.0. The molecule has 0 aliphatic rings. The van der Waals surface area contributed by atoms with Crippen LogP contribution in [-0.4, -0.2) is 80.3 Å². The van der Waals surface area contributed by atoms with Gasteiger partial charge in [0.2, 0.25) is 5.78 Å². The van der Waals surface area contributed by atoms with E-state index in [2.05, 4.69) is 28.2 Å². The van der Waals surface area contributed by atoms with Crippen LogP contribution >= 0.6 is 0 Å². The van der Waals surface area contributed by atoms with Gasteiger partial charge in [-0.15, -0.1) is 0 Å². The zero-order chi connectivity index (χ0) is 19.4. The zero-order valence-corrected chi connectivity index (χ0v) is 16.9. The lowest BCUT2D eigenvalue weighted by Crippen LogP contribution is -2.49. The lowest BCUT2D eigenvalue weighted by atomic mass is 10.0. The fourth-order valence-corrected chi connectivity index (χ4v) is 3.75. The number of hydrogen-bond donors (Lipinski definition) is 1. The van der Waals surface area contributed by atoms with Gasteiger partial charge in [-0.3, -0.25) is 4.79 Å². The maximum absolute atomic E-state index is 12.9. The summed E-state index contributed by atoms with van der Waals surface area (Å²) < 4.78 is 1.48. The number of fused-ring (bicyclic) bond motifs is 1. The number of hydrogen-bond acceptors (Lipinski definition) is 2. The van der Waals surface area contributed by atoms with Gasteiger partial charge in [0.25, 0.3) is 0 Å². The van der Waals surface area contributed by atoms with Crippen molar-refractivity contribution in [3.8, 4) is 0 Å². The number of quaternary nitrogens is 2. The van der Waals surface area contributed by atoms with Gasteiger partial charge in [-0.05, 0) is 17.7 Å². The third-order valence-electron chi connectivity index (χ3n) is 4.95. The molecule has 2 aromatic rings. The molecule has 26 heavy (non-hydrogen) atoms. The summed E-state index contributed by atoms with van der Waals surface area (Å²) in [6.07, 6.45) is 0.732. The second-order valence-corrected chi connectivity index (χ2v) is 8.81. The van der Waals surface area contributed by atoms with Crippen LogP contribution < -0.4 is 0 Å². The van der Waals surface area contributed by atoms with Gasteiger partial charge in [-0.1, -0.05) is 42.5 Å². The van der Waals surface area contributed by atoms with Crippen LogP contribution in [0.2, 0.25) is 0 Å². The SMILES string of the molecule is CC(O)C[N+](C)(C)CCC[N+](C)(C)CC(=O)c1cccc2ccccc12. The predicted octanol–water partition coefficient (Wildman–Crippen LogP) is 2.95. The molecule has 0 aliphatic heterocycles. The molecule has 4 heteroatoms. The van der Waals surface area contributed by atoms with Gasteiger partial charge in [0.05, 0.1) is 41.3 Å². The molecule has 0 saturated heterocycles. The Bertz CT molecular complexity index is 745. The predicted molar refractivity (Wildman–Crippen MR) is 108 cm³/mol. The fraction of sp³-hybridized carbons (Fsp3) is 0.500. The summed E-state index contributed by atoms with van der Waals surface area (Å²) in [4.78, 5) is 12.9. The average molecular weight is 359 g/mol. The minimum Gasteiger partial charge on any atom is -0.388 e. The number of carbonyl (C=O) groups excluding carboxylic acids is 1. The Morgan fingerprint density at radius 1 is 0.962 bits per heavy atom. The number of rotatable bonds is 9. The number of Topliss-reactive ketones (excluding diaryl/α,β-unsaturated/α-hetero) is 1. The third-order valence-corrected chi connectivity index (χ3v) is 4.95. The van der Waals surface area contributed by atoms with Gasteiger partial charge in [0, 0.05) is 12.0 Å². The molecule has 0 aromatic heterocycles. The van der Waals surface area contributed by atoms with Gasteiger partial charge >= 0.3 is 0 Å².